The van der Waals surface area contributed by atoms with E-state index in [1.165, 1.54) is 108 Å². The Labute approximate surface area is 183 Å². The van der Waals surface area contributed by atoms with Crippen molar-refractivity contribution in [2.24, 2.45) is 0 Å². The van der Waals surface area contributed by atoms with Gasteiger partial charge in [-0.3, -0.25) is 4.79 Å². The van der Waals surface area contributed by atoms with Gasteiger partial charge in [0.15, 0.2) is 0 Å². The average Bonchev–Trinajstić information content (AvgIpc) is 2.70. The maximum Gasteiger partial charge on any atom is 0.224 e. The molecule has 0 saturated heterocycles. The number of carbonyl (C=O) groups excluding carboxylic acids is 1. The lowest BCUT2D eigenvalue weighted by Crippen LogP contribution is -2.11. The van der Waals surface area contributed by atoms with Crippen molar-refractivity contribution in [1.29, 1.82) is 0 Å². The summed E-state index contributed by atoms with van der Waals surface area (Å²) in [5, 5.41) is 2.73. The Kier molecular flexibility index (Phi) is 14.5. The Hall–Kier alpha value is -1.40. The van der Waals surface area contributed by atoms with Crippen molar-refractivity contribution in [3.8, 4) is 0 Å². The van der Waals surface area contributed by atoms with E-state index in [1.807, 2.05) is 0 Å². The Balaban J connectivity index is 1.92. The van der Waals surface area contributed by atoms with Crippen LogP contribution in [-0.4, -0.2) is 18.9 Å². The normalized spacial score (nSPS) is 11.5. The van der Waals surface area contributed by atoms with E-state index in [0.717, 1.165) is 12.8 Å². The van der Waals surface area contributed by atoms with Crippen molar-refractivity contribution in [2.75, 3.05) is 5.32 Å². The second-order valence-corrected chi connectivity index (χ2v) is 9.61. The van der Waals surface area contributed by atoms with Crippen LogP contribution in [0.2, 0.25) is 0 Å². The Bertz CT molecular complexity index is 671. The second kappa shape index (κ2) is 16.3. The van der Waals surface area contributed by atoms with Crippen LogP contribution in [0.4, 0.5) is 5.69 Å². The van der Waals surface area contributed by atoms with Crippen LogP contribution in [0.25, 0.3) is 0 Å². The van der Waals surface area contributed by atoms with Gasteiger partial charge < -0.3 is 9.87 Å². The molecule has 0 atom stereocenters. The van der Waals surface area contributed by atoms with E-state index in [4.69, 9.17) is 0 Å². The minimum Gasteiger partial charge on any atom is -0.744 e. The lowest BCUT2D eigenvalue weighted by Gasteiger charge is -2.09. The molecule has 1 aromatic rings. The summed E-state index contributed by atoms with van der Waals surface area (Å²) in [6.07, 6.45) is 19.8. The molecular weight excluding hydrogens is 398 g/mol. The number of unbranched alkanes of at least 4 members (excludes halogenated alkanes) is 14. The molecule has 0 saturated carbocycles. The first-order chi connectivity index (χ1) is 14.4. The molecule has 1 N–H and O–H groups in total. The molecule has 1 rings (SSSR count). The van der Waals surface area contributed by atoms with Gasteiger partial charge in [0, 0.05) is 12.1 Å². The minimum absolute atomic E-state index is 0.0811. The van der Waals surface area contributed by atoms with Gasteiger partial charge in [-0.15, -0.1) is 0 Å². The molecular formula is C24H40NO4S-. The first kappa shape index (κ1) is 26.6. The first-order valence-electron chi connectivity index (χ1n) is 11.8. The van der Waals surface area contributed by atoms with Crippen LogP contribution in [0.15, 0.2) is 29.2 Å². The van der Waals surface area contributed by atoms with Gasteiger partial charge in [-0.05, 0) is 30.7 Å². The fraction of sp³-hybridized carbons (Fsp3) is 0.708. The topological polar surface area (TPSA) is 86.3 Å². The third-order valence-corrected chi connectivity index (χ3v) is 6.28. The van der Waals surface area contributed by atoms with Crippen LogP contribution in [0.1, 0.15) is 110 Å². The van der Waals surface area contributed by atoms with Gasteiger partial charge in [-0.2, -0.15) is 0 Å². The number of amides is 1. The first-order valence-corrected chi connectivity index (χ1v) is 13.2. The number of hydrogen-bond donors (Lipinski definition) is 1. The summed E-state index contributed by atoms with van der Waals surface area (Å²) < 4.78 is 32.7. The van der Waals surface area contributed by atoms with Crippen molar-refractivity contribution in [1.82, 2.24) is 0 Å². The van der Waals surface area contributed by atoms with Gasteiger partial charge in [0.1, 0.15) is 10.1 Å². The molecule has 0 unspecified atom stereocenters. The number of anilines is 1. The summed E-state index contributed by atoms with van der Waals surface area (Å²) in [5.41, 5.74) is 0.508. The molecule has 1 aromatic carbocycles. The van der Waals surface area contributed by atoms with Crippen molar-refractivity contribution in [3.63, 3.8) is 0 Å². The lowest BCUT2D eigenvalue weighted by atomic mass is 10.0. The molecule has 6 heteroatoms. The summed E-state index contributed by atoms with van der Waals surface area (Å²) in [6, 6.07) is 5.31. The molecule has 0 aliphatic rings. The monoisotopic (exact) mass is 438 g/mol. The summed E-state index contributed by atoms with van der Waals surface area (Å²) in [5.74, 6) is -0.0811. The molecule has 1 amide bonds. The van der Waals surface area contributed by atoms with Crippen molar-refractivity contribution >= 4 is 21.7 Å². The van der Waals surface area contributed by atoms with E-state index in [1.54, 1.807) is 0 Å². The average molecular weight is 439 g/mol. The SMILES string of the molecule is CCCCCCCCCCCCCCCCCC(=O)Nc1ccc(S(=O)(=O)[O-])cc1. The maximum absolute atomic E-state index is 11.9. The number of rotatable bonds is 18. The Morgan fingerprint density at radius 1 is 0.733 bits per heavy atom. The van der Waals surface area contributed by atoms with Gasteiger partial charge in [-0.1, -0.05) is 96.8 Å². The van der Waals surface area contributed by atoms with Crippen molar-refractivity contribution in [3.05, 3.63) is 24.3 Å². The fourth-order valence-corrected chi connectivity index (χ4v) is 4.05. The molecule has 0 aliphatic heterocycles. The zero-order valence-corrected chi connectivity index (χ0v) is 19.5. The molecule has 0 fully saturated rings. The van der Waals surface area contributed by atoms with Crippen LogP contribution < -0.4 is 5.32 Å². The highest BCUT2D eigenvalue weighted by atomic mass is 32.2. The smallest absolute Gasteiger partial charge is 0.224 e. The van der Waals surface area contributed by atoms with Gasteiger partial charge in [-0.25, -0.2) is 8.42 Å². The number of benzene rings is 1. The van der Waals surface area contributed by atoms with E-state index in [-0.39, 0.29) is 10.8 Å². The van der Waals surface area contributed by atoms with E-state index in [0.29, 0.717) is 12.1 Å². The highest BCUT2D eigenvalue weighted by Crippen LogP contribution is 2.16. The molecule has 172 valence electrons. The van der Waals surface area contributed by atoms with Gasteiger partial charge >= 0.3 is 0 Å². The predicted molar refractivity (Wildman–Crippen MR) is 123 cm³/mol. The predicted octanol–water partition coefficient (Wildman–Crippen LogP) is 6.79. The van der Waals surface area contributed by atoms with Crippen LogP contribution in [-0.2, 0) is 14.9 Å². The lowest BCUT2D eigenvalue weighted by molar-refractivity contribution is -0.116. The Morgan fingerprint density at radius 3 is 1.53 bits per heavy atom. The van der Waals surface area contributed by atoms with Gasteiger partial charge in [0.25, 0.3) is 0 Å². The maximum atomic E-state index is 11.9. The highest BCUT2D eigenvalue weighted by Gasteiger charge is 2.04. The molecule has 0 aromatic heterocycles. The minimum atomic E-state index is -4.45. The summed E-state index contributed by atoms with van der Waals surface area (Å²) in [6.45, 7) is 2.26. The molecule has 0 bridgehead atoms. The highest BCUT2D eigenvalue weighted by molar-refractivity contribution is 7.85. The number of hydrogen-bond acceptors (Lipinski definition) is 4. The third kappa shape index (κ3) is 13.8. The molecule has 0 spiro atoms. The van der Waals surface area contributed by atoms with E-state index in [9.17, 15) is 17.8 Å². The van der Waals surface area contributed by atoms with Gasteiger partial charge in [0.05, 0.1) is 4.90 Å². The van der Waals surface area contributed by atoms with Gasteiger partial charge in [0.2, 0.25) is 5.91 Å². The zero-order chi connectivity index (χ0) is 22.1. The van der Waals surface area contributed by atoms with Crippen molar-refractivity contribution in [2.45, 2.75) is 115 Å². The summed E-state index contributed by atoms with van der Waals surface area (Å²) >= 11 is 0. The van der Waals surface area contributed by atoms with E-state index >= 15 is 0 Å². The second-order valence-electron chi connectivity index (χ2n) is 8.23. The summed E-state index contributed by atoms with van der Waals surface area (Å²) in [7, 11) is -4.45. The Morgan fingerprint density at radius 2 is 1.13 bits per heavy atom. The van der Waals surface area contributed by atoms with Crippen LogP contribution in [0, 0.1) is 0 Å². The van der Waals surface area contributed by atoms with Crippen LogP contribution in [0.5, 0.6) is 0 Å². The van der Waals surface area contributed by atoms with E-state index in [2.05, 4.69) is 12.2 Å². The largest absolute Gasteiger partial charge is 0.744 e. The molecule has 5 nitrogen and oxygen atoms in total. The fourth-order valence-electron chi connectivity index (χ4n) is 3.59. The summed E-state index contributed by atoms with van der Waals surface area (Å²) in [4.78, 5) is 11.6. The zero-order valence-electron chi connectivity index (χ0n) is 18.7. The number of nitrogens with one attached hydrogen (secondary N) is 1. The molecule has 0 heterocycles. The molecule has 0 aliphatic carbocycles. The molecule has 0 radical (unpaired) electrons. The van der Waals surface area contributed by atoms with Crippen LogP contribution >= 0.6 is 0 Å². The standard InChI is InChI=1S/C24H41NO4S/c1-2-3-4-5-6-7-8-9-10-11-12-13-14-15-16-17-24(26)25-22-18-20-23(21-19-22)30(27,28)29/h18-21H,2-17H2,1H3,(H,25,26)(H,27,28,29)/p-1. The molecule has 30 heavy (non-hydrogen) atoms. The quantitative estimate of drug-likeness (QED) is 0.202. The number of carbonyl (C=O) groups is 1. The van der Waals surface area contributed by atoms with E-state index < -0.39 is 10.1 Å². The van der Waals surface area contributed by atoms with Crippen molar-refractivity contribution < 1.29 is 17.8 Å². The van der Waals surface area contributed by atoms with Crippen LogP contribution in [0.3, 0.4) is 0 Å². The third-order valence-electron chi connectivity index (χ3n) is 5.43.